The third-order valence-corrected chi connectivity index (χ3v) is 10.3. The molecule has 1 aromatic heterocycles. The van der Waals surface area contributed by atoms with Crippen LogP contribution in [0.1, 0.15) is 49.3 Å². The van der Waals surface area contributed by atoms with Crippen LogP contribution < -0.4 is 0 Å². The fraction of sp³-hybridized carbons (Fsp3) is 0.500. The van der Waals surface area contributed by atoms with Crippen LogP contribution in [0.15, 0.2) is 41.3 Å². The molecule has 0 aliphatic carbocycles. The third kappa shape index (κ3) is 6.25. The zero-order valence-corrected chi connectivity index (χ0v) is 25.1. The molecule has 4 heterocycles. The summed E-state index contributed by atoms with van der Waals surface area (Å²) in [6.45, 7) is 4.45. The minimum absolute atomic E-state index is 0. The highest BCUT2D eigenvalue weighted by atomic mass is 35.5. The van der Waals surface area contributed by atoms with Crippen LogP contribution in [0.5, 0.6) is 0 Å². The Bertz CT molecular complexity index is 1450. The Hall–Kier alpha value is -1.84. The van der Waals surface area contributed by atoms with Crippen LogP contribution in [0.25, 0.3) is 10.8 Å². The lowest BCUT2D eigenvalue weighted by molar-refractivity contribution is -0.132. The standard InChI is InChI=1S/C28H33ClN4O3S.2ClH/c29-22-6-4-21-18-24(7-5-20(21)17-22)37(35,36)16-11-28(34)31-13-8-23(9-14-31)32-15-10-25-26(19-32)33-12-2-1-3-27(33)30-25;;/h4-7,17-18,23H,1-3,8-16,19H2;2*1H. The monoisotopic (exact) mass is 612 g/mol. The van der Waals surface area contributed by atoms with Gasteiger partial charge in [0, 0.05) is 63.1 Å². The Balaban J connectivity index is 0.00000176. The largest absolute Gasteiger partial charge is 0.343 e. The molecule has 7 nitrogen and oxygen atoms in total. The lowest BCUT2D eigenvalue weighted by Crippen LogP contribution is -2.48. The van der Waals surface area contributed by atoms with Gasteiger partial charge in [-0.2, -0.15) is 0 Å². The van der Waals surface area contributed by atoms with E-state index in [4.69, 9.17) is 16.6 Å². The number of piperidine rings is 1. The topological polar surface area (TPSA) is 75.5 Å². The highest BCUT2D eigenvalue weighted by Gasteiger charge is 2.32. The van der Waals surface area contributed by atoms with Crippen molar-refractivity contribution in [3.8, 4) is 0 Å². The molecule has 3 aliphatic heterocycles. The highest BCUT2D eigenvalue weighted by Crippen LogP contribution is 2.29. The number of carbonyl (C=O) groups is 1. The molecule has 11 heteroatoms. The van der Waals surface area contributed by atoms with Gasteiger partial charge in [-0.05, 0) is 60.7 Å². The number of sulfone groups is 1. The number of imidazole rings is 1. The van der Waals surface area contributed by atoms with Crippen molar-refractivity contribution in [3.05, 3.63) is 58.6 Å². The summed E-state index contributed by atoms with van der Waals surface area (Å²) in [5.74, 6) is 1.02. The fourth-order valence-corrected chi connectivity index (χ4v) is 7.62. The summed E-state index contributed by atoms with van der Waals surface area (Å²) >= 11 is 6.03. The first kappa shape index (κ1) is 30.1. The zero-order valence-electron chi connectivity index (χ0n) is 21.9. The maximum Gasteiger partial charge on any atom is 0.223 e. The predicted molar refractivity (Wildman–Crippen MR) is 159 cm³/mol. The Labute approximate surface area is 247 Å². The molecule has 0 saturated carbocycles. The SMILES string of the molecule is Cl.Cl.O=C(CCS(=O)(=O)c1ccc2cc(Cl)ccc2c1)N1CCC(N2CCc3nc4n(c3C2)CCCC4)CC1. The van der Waals surface area contributed by atoms with Crippen molar-refractivity contribution >= 4 is 62.9 Å². The normalized spacial score (nSPS) is 18.1. The van der Waals surface area contributed by atoms with Crippen molar-refractivity contribution in [1.82, 2.24) is 19.4 Å². The second-order valence-corrected chi connectivity index (χ2v) is 13.1. The molecule has 39 heavy (non-hydrogen) atoms. The number of benzene rings is 2. The van der Waals surface area contributed by atoms with Crippen molar-refractivity contribution in [2.45, 2.75) is 69.0 Å². The molecule has 212 valence electrons. The molecule has 2 aromatic carbocycles. The summed E-state index contributed by atoms with van der Waals surface area (Å²) in [7, 11) is -3.55. The van der Waals surface area contributed by atoms with Gasteiger partial charge in [-0.3, -0.25) is 9.69 Å². The lowest BCUT2D eigenvalue weighted by atomic mass is 9.99. The average molecular weight is 614 g/mol. The maximum absolute atomic E-state index is 13.0. The second-order valence-electron chi connectivity index (χ2n) is 10.6. The summed E-state index contributed by atoms with van der Waals surface area (Å²) in [5, 5.41) is 2.33. The van der Waals surface area contributed by atoms with Gasteiger partial charge in [0.1, 0.15) is 5.82 Å². The molecule has 3 aliphatic rings. The van der Waals surface area contributed by atoms with Gasteiger partial charge >= 0.3 is 0 Å². The van der Waals surface area contributed by atoms with Crippen LogP contribution in [0.4, 0.5) is 0 Å². The number of nitrogens with zero attached hydrogens (tertiary/aromatic N) is 4. The fourth-order valence-electron chi connectivity index (χ4n) is 6.18. The Morgan fingerprint density at radius 3 is 2.49 bits per heavy atom. The predicted octanol–water partition coefficient (Wildman–Crippen LogP) is 5.08. The van der Waals surface area contributed by atoms with E-state index in [1.165, 1.54) is 30.1 Å². The van der Waals surface area contributed by atoms with Crippen molar-refractivity contribution in [1.29, 1.82) is 0 Å². The number of likely N-dealkylation sites (tertiary alicyclic amines) is 1. The number of amides is 1. The minimum atomic E-state index is -3.55. The number of aromatic nitrogens is 2. The van der Waals surface area contributed by atoms with E-state index in [1.54, 1.807) is 24.3 Å². The summed E-state index contributed by atoms with van der Waals surface area (Å²) in [6.07, 6.45) is 6.46. The molecule has 0 N–H and O–H groups in total. The van der Waals surface area contributed by atoms with Gasteiger partial charge in [-0.25, -0.2) is 13.4 Å². The first-order valence-electron chi connectivity index (χ1n) is 13.4. The average Bonchev–Trinajstić information content (AvgIpc) is 3.29. The van der Waals surface area contributed by atoms with E-state index in [9.17, 15) is 13.2 Å². The first-order valence-corrected chi connectivity index (χ1v) is 15.4. The molecule has 1 fully saturated rings. The smallest absolute Gasteiger partial charge is 0.223 e. The molecule has 0 spiro atoms. The van der Waals surface area contributed by atoms with E-state index < -0.39 is 9.84 Å². The molecule has 0 bridgehead atoms. The molecule has 6 rings (SSSR count). The van der Waals surface area contributed by atoms with Gasteiger partial charge in [-0.15, -0.1) is 24.8 Å². The van der Waals surface area contributed by atoms with Gasteiger partial charge in [-0.1, -0.05) is 23.7 Å². The molecule has 3 aromatic rings. The van der Waals surface area contributed by atoms with Gasteiger partial charge in [0.15, 0.2) is 9.84 Å². The number of fused-ring (bicyclic) bond motifs is 4. The van der Waals surface area contributed by atoms with Gasteiger partial charge in [0.05, 0.1) is 22.0 Å². The number of hydrogen-bond acceptors (Lipinski definition) is 5. The van der Waals surface area contributed by atoms with Crippen molar-refractivity contribution in [2.24, 2.45) is 0 Å². The molecular formula is C28H35Cl3N4O3S. The molecule has 0 unspecified atom stereocenters. The maximum atomic E-state index is 13.0. The van der Waals surface area contributed by atoms with E-state index in [0.717, 1.165) is 56.1 Å². The van der Waals surface area contributed by atoms with Crippen molar-refractivity contribution in [3.63, 3.8) is 0 Å². The molecule has 1 amide bonds. The molecule has 0 radical (unpaired) electrons. The summed E-state index contributed by atoms with van der Waals surface area (Å²) in [5.41, 5.74) is 2.69. The summed E-state index contributed by atoms with van der Waals surface area (Å²) in [6, 6.07) is 10.9. The number of hydrogen-bond donors (Lipinski definition) is 0. The van der Waals surface area contributed by atoms with Crippen LogP contribution >= 0.6 is 36.4 Å². The zero-order chi connectivity index (χ0) is 25.6. The Morgan fingerprint density at radius 1 is 0.949 bits per heavy atom. The summed E-state index contributed by atoms with van der Waals surface area (Å²) in [4.78, 5) is 22.5. The van der Waals surface area contributed by atoms with Crippen LogP contribution in [0.3, 0.4) is 0 Å². The molecule has 0 atom stereocenters. The van der Waals surface area contributed by atoms with Crippen LogP contribution in [0, 0.1) is 0 Å². The van der Waals surface area contributed by atoms with Gasteiger partial charge in [0.25, 0.3) is 0 Å². The summed E-state index contributed by atoms with van der Waals surface area (Å²) < 4.78 is 28.4. The number of rotatable bonds is 5. The van der Waals surface area contributed by atoms with Gasteiger partial charge in [0.2, 0.25) is 5.91 Å². The Kier molecular flexibility index (Phi) is 9.54. The van der Waals surface area contributed by atoms with Crippen LogP contribution in [0.2, 0.25) is 5.02 Å². The highest BCUT2D eigenvalue weighted by molar-refractivity contribution is 7.91. The van der Waals surface area contributed by atoms with Gasteiger partial charge < -0.3 is 9.47 Å². The van der Waals surface area contributed by atoms with E-state index in [-0.39, 0.29) is 47.8 Å². The van der Waals surface area contributed by atoms with E-state index in [2.05, 4.69) is 9.47 Å². The third-order valence-electron chi connectivity index (χ3n) is 8.31. The lowest BCUT2D eigenvalue weighted by Gasteiger charge is -2.40. The van der Waals surface area contributed by atoms with E-state index >= 15 is 0 Å². The van der Waals surface area contributed by atoms with E-state index in [1.807, 2.05) is 17.0 Å². The number of halogens is 3. The number of carbonyl (C=O) groups excluding carboxylic acids is 1. The molecule has 1 saturated heterocycles. The quantitative estimate of drug-likeness (QED) is 0.401. The van der Waals surface area contributed by atoms with Crippen molar-refractivity contribution in [2.75, 3.05) is 25.4 Å². The van der Waals surface area contributed by atoms with Crippen LogP contribution in [-0.4, -0.2) is 65.1 Å². The Morgan fingerprint density at radius 2 is 1.69 bits per heavy atom. The number of aryl methyl sites for hydroxylation is 1. The van der Waals surface area contributed by atoms with Crippen molar-refractivity contribution < 1.29 is 13.2 Å². The van der Waals surface area contributed by atoms with E-state index in [0.29, 0.717) is 24.2 Å². The minimum Gasteiger partial charge on any atom is -0.343 e. The molecular weight excluding hydrogens is 579 g/mol. The second kappa shape index (κ2) is 12.4. The van der Waals surface area contributed by atoms with Crippen LogP contribution in [-0.2, 0) is 40.6 Å². The first-order chi connectivity index (χ1) is 17.9.